The number of hydrogen-bond donors (Lipinski definition) is 2. The van der Waals surface area contributed by atoms with Crippen molar-refractivity contribution in [1.82, 2.24) is 34.9 Å². The standard InChI is InChI=1S/C45H57FN8O7S/c46-35-22-31(23-36-42(35)44(58)48-39(47-36)28-62-32-10-20-60-21-11-32)61-27-30-6-12-50(13-7-30)26-41(56)53-14-8-29(9-15-53)24-51-16-18-52(19-17-51)37-3-1-2-33-34(37)25-54(45(33)59)38-4-5-40(55)49-43(38)57/h1-3,22-23,29-30,32,38H,4-21,24-28H2,(H,47,48,58)(H,49,55,57). The summed E-state index contributed by atoms with van der Waals surface area (Å²) in [6.07, 6.45) is 6.28. The number of amides is 4. The third kappa shape index (κ3) is 9.65. The summed E-state index contributed by atoms with van der Waals surface area (Å²) in [6.45, 7) is 10.4. The summed E-state index contributed by atoms with van der Waals surface area (Å²) in [4.78, 5) is 81.9. The van der Waals surface area contributed by atoms with Gasteiger partial charge in [0.25, 0.3) is 11.5 Å². The lowest BCUT2D eigenvalue weighted by Crippen LogP contribution is -2.52. The molecule has 2 aromatic carbocycles. The summed E-state index contributed by atoms with van der Waals surface area (Å²) in [5.41, 5.74) is 2.48. The van der Waals surface area contributed by atoms with Gasteiger partial charge in [0.1, 0.15) is 28.8 Å². The van der Waals surface area contributed by atoms with Crippen LogP contribution >= 0.6 is 11.8 Å². The molecule has 332 valence electrons. The van der Waals surface area contributed by atoms with Gasteiger partial charge < -0.3 is 29.2 Å². The third-order valence-corrected chi connectivity index (χ3v) is 15.1. The number of carbonyl (C=O) groups is 4. The third-order valence-electron chi connectivity index (χ3n) is 13.7. The van der Waals surface area contributed by atoms with Gasteiger partial charge in [-0.2, -0.15) is 11.8 Å². The van der Waals surface area contributed by atoms with Gasteiger partial charge >= 0.3 is 0 Å². The fourth-order valence-electron chi connectivity index (χ4n) is 10.0. The molecule has 6 aliphatic rings. The van der Waals surface area contributed by atoms with E-state index in [4.69, 9.17) is 9.47 Å². The summed E-state index contributed by atoms with van der Waals surface area (Å²) in [7, 11) is 0. The molecule has 1 aromatic heterocycles. The summed E-state index contributed by atoms with van der Waals surface area (Å²) in [6, 6.07) is 8.15. The van der Waals surface area contributed by atoms with Crippen molar-refractivity contribution in [3.05, 3.63) is 63.5 Å². The van der Waals surface area contributed by atoms with Gasteiger partial charge in [0.15, 0.2) is 0 Å². The Balaban J connectivity index is 0.681. The molecule has 7 heterocycles. The van der Waals surface area contributed by atoms with Crippen LogP contribution in [0, 0.1) is 17.7 Å². The second-order valence-corrected chi connectivity index (χ2v) is 19.1. The van der Waals surface area contributed by atoms with Gasteiger partial charge in [-0.05, 0) is 82.0 Å². The maximum absolute atomic E-state index is 15.1. The molecule has 4 amide bonds. The number of H-pyrrole nitrogens is 1. The van der Waals surface area contributed by atoms with Crippen LogP contribution < -0.4 is 20.5 Å². The van der Waals surface area contributed by atoms with Gasteiger partial charge in [-0.25, -0.2) is 9.37 Å². The van der Waals surface area contributed by atoms with E-state index in [1.54, 1.807) is 22.7 Å². The van der Waals surface area contributed by atoms with Crippen molar-refractivity contribution in [2.24, 2.45) is 11.8 Å². The fourth-order valence-corrected chi connectivity index (χ4v) is 11.1. The van der Waals surface area contributed by atoms with Crippen LogP contribution in [-0.4, -0.2) is 150 Å². The maximum Gasteiger partial charge on any atom is 0.261 e. The van der Waals surface area contributed by atoms with E-state index in [1.165, 1.54) is 6.07 Å². The molecule has 5 fully saturated rings. The lowest BCUT2D eigenvalue weighted by molar-refractivity contribution is -0.137. The highest BCUT2D eigenvalue weighted by Crippen LogP contribution is 2.35. The van der Waals surface area contributed by atoms with Crippen molar-refractivity contribution < 1.29 is 33.0 Å². The summed E-state index contributed by atoms with van der Waals surface area (Å²) in [5, 5.41) is 2.79. The van der Waals surface area contributed by atoms with Gasteiger partial charge in [0.2, 0.25) is 17.7 Å². The minimum Gasteiger partial charge on any atom is -0.493 e. The average molecular weight is 873 g/mol. The summed E-state index contributed by atoms with van der Waals surface area (Å²) < 4.78 is 26.6. The minimum atomic E-state index is -0.638. The molecular formula is C45H57FN8O7S. The first-order valence-corrected chi connectivity index (χ1v) is 23.5. The maximum atomic E-state index is 15.1. The molecule has 5 saturated heterocycles. The zero-order valence-electron chi connectivity index (χ0n) is 35.3. The number of likely N-dealkylation sites (tertiary alicyclic amines) is 2. The second-order valence-electron chi connectivity index (χ2n) is 17.8. The smallest absolute Gasteiger partial charge is 0.261 e. The van der Waals surface area contributed by atoms with Gasteiger partial charge in [0, 0.05) is 106 Å². The average Bonchev–Trinajstić information content (AvgIpc) is 3.61. The number of imide groups is 1. The Morgan fingerprint density at radius 2 is 1.65 bits per heavy atom. The Bertz CT molecular complexity index is 2210. The van der Waals surface area contributed by atoms with Crippen molar-refractivity contribution >= 4 is 52.0 Å². The SMILES string of the molecule is O=C1CCC(N2Cc3c(cccc3N3CCN(CC4CCN(C(=O)CN5CCC(COc6cc(F)c7c(=O)[nH]c(CSC8CCOCC8)nc7c6)CC5)CC4)CC3)C2=O)C(=O)N1. The first-order chi connectivity index (χ1) is 30.1. The summed E-state index contributed by atoms with van der Waals surface area (Å²) in [5.74, 6) is 0.997. The zero-order chi connectivity index (χ0) is 42.7. The predicted molar refractivity (Wildman–Crippen MR) is 233 cm³/mol. The predicted octanol–water partition coefficient (Wildman–Crippen LogP) is 3.39. The van der Waals surface area contributed by atoms with Gasteiger partial charge in [0.05, 0.1) is 24.4 Å². The number of anilines is 1. The second kappa shape index (κ2) is 19.0. The molecule has 9 rings (SSSR count). The van der Waals surface area contributed by atoms with E-state index in [1.807, 2.05) is 17.0 Å². The van der Waals surface area contributed by atoms with Crippen LogP contribution in [0.5, 0.6) is 5.75 Å². The molecule has 0 bridgehead atoms. The van der Waals surface area contributed by atoms with E-state index < -0.39 is 23.3 Å². The zero-order valence-corrected chi connectivity index (χ0v) is 36.1. The molecule has 0 radical (unpaired) electrons. The van der Waals surface area contributed by atoms with Crippen molar-refractivity contribution in [2.45, 2.75) is 75.0 Å². The van der Waals surface area contributed by atoms with Crippen LogP contribution in [0.1, 0.15) is 73.1 Å². The highest BCUT2D eigenvalue weighted by Gasteiger charge is 2.40. The lowest BCUT2D eigenvalue weighted by Gasteiger charge is -2.40. The number of rotatable bonds is 12. The van der Waals surface area contributed by atoms with Crippen LogP contribution in [0.4, 0.5) is 10.1 Å². The van der Waals surface area contributed by atoms with E-state index in [9.17, 15) is 24.0 Å². The van der Waals surface area contributed by atoms with Gasteiger partial charge in [-0.1, -0.05) is 6.07 Å². The Morgan fingerprint density at radius 3 is 2.40 bits per heavy atom. The van der Waals surface area contributed by atoms with E-state index in [-0.39, 0.29) is 35.4 Å². The number of piperidine rings is 3. The molecule has 15 nitrogen and oxygen atoms in total. The highest BCUT2D eigenvalue weighted by molar-refractivity contribution is 7.99. The normalized spacial score (nSPS) is 22.7. The number of fused-ring (bicyclic) bond motifs is 2. The van der Waals surface area contributed by atoms with E-state index in [2.05, 4.69) is 36.1 Å². The van der Waals surface area contributed by atoms with Crippen LogP contribution in [0.2, 0.25) is 0 Å². The van der Waals surface area contributed by atoms with Gasteiger partial charge in [-0.3, -0.25) is 39.1 Å². The molecule has 3 aromatic rings. The molecule has 17 heteroatoms. The molecule has 6 aliphatic heterocycles. The van der Waals surface area contributed by atoms with Crippen LogP contribution in [-0.2, 0) is 31.4 Å². The Morgan fingerprint density at radius 1 is 0.887 bits per heavy atom. The Labute approximate surface area is 365 Å². The van der Waals surface area contributed by atoms with Crippen molar-refractivity contribution in [3.63, 3.8) is 0 Å². The number of aromatic nitrogens is 2. The number of nitrogens with zero attached hydrogens (tertiary/aromatic N) is 6. The largest absolute Gasteiger partial charge is 0.493 e. The molecule has 0 spiro atoms. The number of benzene rings is 2. The van der Waals surface area contributed by atoms with E-state index >= 15 is 4.39 Å². The Kier molecular flexibility index (Phi) is 13.1. The number of aromatic amines is 1. The number of piperazine rings is 1. The topological polar surface area (TPSA) is 161 Å². The number of nitrogens with one attached hydrogen (secondary N) is 2. The first-order valence-electron chi connectivity index (χ1n) is 22.4. The van der Waals surface area contributed by atoms with Crippen molar-refractivity contribution in [3.8, 4) is 5.75 Å². The van der Waals surface area contributed by atoms with E-state index in [0.717, 1.165) is 122 Å². The number of thioether (sulfide) groups is 1. The molecule has 62 heavy (non-hydrogen) atoms. The van der Waals surface area contributed by atoms with Crippen molar-refractivity contribution in [1.29, 1.82) is 0 Å². The summed E-state index contributed by atoms with van der Waals surface area (Å²) >= 11 is 1.74. The highest BCUT2D eigenvalue weighted by atomic mass is 32.2. The number of ether oxygens (including phenoxy) is 2. The van der Waals surface area contributed by atoms with Crippen LogP contribution in [0.25, 0.3) is 10.9 Å². The van der Waals surface area contributed by atoms with Gasteiger partial charge in [-0.15, -0.1) is 0 Å². The number of halogens is 1. The van der Waals surface area contributed by atoms with Crippen LogP contribution in [0.3, 0.4) is 0 Å². The molecule has 0 aliphatic carbocycles. The minimum absolute atomic E-state index is 0.0504. The lowest BCUT2D eigenvalue weighted by atomic mass is 9.95. The van der Waals surface area contributed by atoms with Crippen LogP contribution in [0.15, 0.2) is 35.1 Å². The molecule has 1 unspecified atom stereocenters. The Hall–Kier alpha value is -4.58. The van der Waals surface area contributed by atoms with E-state index in [0.29, 0.717) is 65.7 Å². The molecule has 2 N–H and O–H groups in total. The molecular weight excluding hydrogens is 816 g/mol. The number of hydrogen-bond acceptors (Lipinski definition) is 12. The van der Waals surface area contributed by atoms with Crippen molar-refractivity contribution in [2.75, 3.05) is 90.2 Å². The monoisotopic (exact) mass is 872 g/mol. The molecule has 1 atom stereocenters. The quantitative estimate of drug-likeness (QED) is 0.256. The molecule has 0 saturated carbocycles. The first kappa shape index (κ1) is 42.7. The fraction of sp³-hybridized carbons (Fsp3) is 0.600. The number of carbonyl (C=O) groups excluding carboxylic acids is 4.